The maximum Gasteiger partial charge on any atom is 0.330 e. The van der Waals surface area contributed by atoms with E-state index in [1.54, 1.807) is 25.1 Å². The molecule has 2 unspecified atom stereocenters. The zero-order valence-corrected chi connectivity index (χ0v) is 13.8. The summed E-state index contributed by atoms with van der Waals surface area (Å²) < 4.78 is 13.3. The Bertz CT molecular complexity index is 773. The summed E-state index contributed by atoms with van der Waals surface area (Å²) in [7, 11) is 0. The summed E-state index contributed by atoms with van der Waals surface area (Å²) in [6.07, 6.45) is 0. The lowest BCUT2D eigenvalue weighted by molar-refractivity contribution is -0.142. The minimum absolute atomic E-state index is 0.434. The molecule has 0 aliphatic rings. The zero-order chi connectivity index (χ0) is 17.9. The van der Waals surface area contributed by atoms with Crippen molar-refractivity contribution in [2.45, 2.75) is 32.7 Å². The summed E-state index contributed by atoms with van der Waals surface area (Å²) in [4.78, 5) is 24.0. The smallest absolute Gasteiger partial charge is 0.330 e. The Kier molecular flexibility index (Phi) is 5.34. The summed E-state index contributed by atoms with van der Waals surface area (Å²) in [5, 5.41) is 12.0. The number of halogens is 1. The number of aliphatic carboxylic acids is 1. The van der Waals surface area contributed by atoms with Gasteiger partial charge in [0.15, 0.2) is 6.04 Å². The van der Waals surface area contributed by atoms with Gasteiger partial charge in [-0.25, -0.2) is 9.18 Å². The van der Waals surface area contributed by atoms with Crippen LogP contribution in [0.15, 0.2) is 42.5 Å². The molecule has 1 amide bonds. The highest BCUT2D eigenvalue weighted by molar-refractivity contribution is 5.88. The third-order valence-corrected chi connectivity index (χ3v) is 4.14. The van der Waals surface area contributed by atoms with Gasteiger partial charge < -0.3 is 10.4 Å². The van der Waals surface area contributed by atoms with Crippen LogP contribution in [-0.4, -0.2) is 17.0 Å². The summed E-state index contributed by atoms with van der Waals surface area (Å²) in [6.45, 7) is 5.43. The van der Waals surface area contributed by atoms with Gasteiger partial charge in [-0.3, -0.25) is 4.79 Å². The van der Waals surface area contributed by atoms with Gasteiger partial charge in [-0.05, 0) is 55.2 Å². The highest BCUT2D eigenvalue weighted by atomic mass is 19.1. The summed E-state index contributed by atoms with van der Waals surface area (Å²) in [5.41, 5.74) is 3.00. The van der Waals surface area contributed by atoms with E-state index in [-0.39, 0.29) is 0 Å². The van der Waals surface area contributed by atoms with Gasteiger partial charge in [0, 0.05) is 0 Å². The van der Waals surface area contributed by atoms with Crippen molar-refractivity contribution in [2.24, 2.45) is 0 Å². The van der Waals surface area contributed by atoms with E-state index in [9.17, 15) is 19.1 Å². The van der Waals surface area contributed by atoms with Crippen LogP contribution in [0.5, 0.6) is 0 Å². The number of carboxylic acid groups (broad SMARTS) is 1. The van der Waals surface area contributed by atoms with Gasteiger partial charge in [-0.2, -0.15) is 0 Å². The maximum absolute atomic E-state index is 13.3. The Morgan fingerprint density at radius 1 is 1.04 bits per heavy atom. The van der Waals surface area contributed by atoms with Crippen molar-refractivity contribution in [2.75, 3.05) is 0 Å². The molecule has 2 aromatic carbocycles. The molecule has 2 N–H and O–H groups in total. The molecular formula is C19H20FNO3. The molecule has 0 fully saturated rings. The third kappa shape index (κ3) is 3.98. The van der Waals surface area contributed by atoms with Gasteiger partial charge in [-0.15, -0.1) is 0 Å². The van der Waals surface area contributed by atoms with Gasteiger partial charge in [0.2, 0.25) is 5.91 Å². The molecule has 0 radical (unpaired) electrons. The summed E-state index contributed by atoms with van der Waals surface area (Å²) in [5.74, 6) is -2.70. The lowest BCUT2D eigenvalue weighted by Crippen LogP contribution is -2.36. The van der Waals surface area contributed by atoms with E-state index < -0.39 is 29.7 Å². The second-order valence-electron chi connectivity index (χ2n) is 5.90. The second-order valence-corrected chi connectivity index (χ2v) is 5.90. The zero-order valence-electron chi connectivity index (χ0n) is 13.8. The molecule has 2 aromatic rings. The summed E-state index contributed by atoms with van der Waals surface area (Å²) in [6, 6.07) is 9.84. The average molecular weight is 329 g/mol. The average Bonchev–Trinajstić information content (AvgIpc) is 2.54. The number of carboxylic acids is 1. The quantitative estimate of drug-likeness (QED) is 0.882. The highest BCUT2D eigenvalue weighted by Gasteiger charge is 2.25. The standard InChI is InChI=1S/C19H20FNO3/c1-11-7-8-15(9-12(11)2)17(19(23)24)21-18(22)13(3)14-5-4-6-16(20)10-14/h4-10,13,17H,1-3H3,(H,21,22)(H,23,24). The molecule has 2 rings (SSSR count). The first-order chi connectivity index (χ1) is 11.3. The monoisotopic (exact) mass is 329 g/mol. The number of rotatable bonds is 5. The Morgan fingerprint density at radius 3 is 2.33 bits per heavy atom. The SMILES string of the molecule is Cc1ccc(C(NC(=O)C(C)c2cccc(F)c2)C(=O)O)cc1C. The van der Waals surface area contributed by atoms with Crippen LogP contribution in [0.4, 0.5) is 4.39 Å². The van der Waals surface area contributed by atoms with E-state index in [0.717, 1.165) is 11.1 Å². The van der Waals surface area contributed by atoms with E-state index in [1.165, 1.54) is 18.2 Å². The minimum atomic E-state index is -1.15. The molecule has 0 aliphatic carbocycles. The Labute approximate surface area is 140 Å². The molecule has 126 valence electrons. The van der Waals surface area contributed by atoms with E-state index in [4.69, 9.17) is 0 Å². The molecule has 5 heteroatoms. The fourth-order valence-corrected chi connectivity index (χ4v) is 2.43. The molecule has 24 heavy (non-hydrogen) atoms. The normalized spacial score (nSPS) is 13.2. The van der Waals surface area contributed by atoms with Gasteiger partial charge in [0.1, 0.15) is 5.82 Å². The molecule has 0 heterocycles. The van der Waals surface area contributed by atoms with Crippen molar-refractivity contribution >= 4 is 11.9 Å². The van der Waals surface area contributed by atoms with Crippen LogP contribution in [0.1, 0.15) is 41.1 Å². The number of benzene rings is 2. The van der Waals surface area contributed by atoms with Crippen LogP contribution in [0, 0.1) is 19.7 Å². The van der Waals surface area contributed by atoms with Crippen molar-refractivity contribution in [1.29, 1.82) is 0 Å². The summed E-state index contributed by atoms with van der Waals surface area (Å²) >= 11 is 0. The van der Waals surface area contributed by atoms with Gasteiger partial charge in [0.05, 0.1) is 5.92 Å². The molecule has 0 spiro atoms. The van der Waals surface area contributed by atoms with Crippen LogP contribution in [0.3, 0.4) is 0 Å². The number of carbonyl (C=O) groups is 2. The largest absolute Gasteiger partial charge is 0.479 e. The molecule has 0 saturated heterocycles. The number of aryl methyl sites for hydroxylation is 2. The Hall–Kier alpha value is -2.69. The van der Waals surface area contributed by atoms with E-state index >= 15 is 0 Å². The van der Waals surface area contributed by atoms with Crippen molar-refractivity contribution in [1.82, 2.24) is 5.32 Å². The van der Waals surface area contributed by atoms with E-state index in [0.29, 0.717) is 11.1 Å². The Balaban J connectivity index is 2.22. The van der Waals surface area contributed by atoms with Crippen molar-refractivity contribution in [3.8, 4) is 0 Å². The topological polar surface area (TPSA) is 66.4 Å². The lowest BCUT2D eigenvalue weighted by Gasteiger charge is -2.19. The highest BCUT2D eigenvalue weighted by Crippen LogP contribution is 2.21. The fraction of sp³-hybridized carbons (Fsp3) is 0.263. The Morgan fingerprint density at radius 2 is 1.75 bits per heavy atom. The molecule has 0 saturated carbocycles. The van der Waals surface area contributed by atoms with Crippen molar-refractivity contribution < 1.29 is 19.1 Å². The van der Waals surface area contributed by atoms with E-state index in [2.05, 4.69) is 5.32 Å². The lowest BCUT2D eigenvalue weighted by atomic mass is 9.97. The predicted octanol–water partition coefficient (Wildman–Crippen LogP) is 3.49. The molecule has 0 bridgehead atoms. The van der Waals surface area contributed by atoms with Gasteiger partial charge >= 0.3 is 5.97 Å². The van der Waals surface area contributed by atoms with Gasteiger partial charge in [0.25, 0.3) is 0 Å². The second kappa shape index (κ2) is 7.25. The van der Waals surface area contributed by atoms with Crippen LogP contribution >= 0.6 is 0 Å². The molecule has 4 nitrogen and oxygen atoms in total. The number of hydrogen-bond acceptors (Lipinski definition) is 2. The molecule has 0 aliphatic heterocycles. The van der Waals surface area contributed by atoms with Crippen LogP contribution in [0.2, 0.25) is 0 Å². The first kappa shape index (κ1) is 17.7. The van der Waals surface area contributed by atoms with Crippen LogP contribution in [-0.2, 0) is 9.59 Å². The number of hydrogen-bond donors (Lipinski definition) is 2. The first-order valence-corrected chi connectivity index (χ1v) is 7.65. The van der Waals surface area contributed by atoms with Crippen molar-refractivity contribution in [3.63, 3.8) is 0 Å². The van der Waals surface area contributed by atoms with E-state index in [1.807, 2.05) is 19.9 Å². The first-order valence-electron chi connectivity index (χ1n) is 7.65. The minimum Gasteiger partial charge on any atom is -0.479 e. The maximum atomic E-state index is 13.3. The number of nitrogens with one attached hydrogen (secondary N) is 1. The van der Waals surface area contributed by atoms with Crippen molar-refractivity contribution in [3.05, 3.63) is 70.5 Å². The third-order valence-electron chi connectivity index (χ3n) is 4.14. The number of carbonyl (C=O) groups excluding carboxylic acids is 1. The van der Waals surface area contributed by atoms with Crippen LogP contribution in [0.25, 0.3) is 0 Å². The number of amides is 1. The fourth-order valence-electron chi connectivity index (χ4n) is 2.43. The van der Waals surface area contributed by atoms with Crippen LogP contribution < -0.4 is 5.32 Å². The predicted molar refractivity (Wildman–Crippen MR) is 89.3 cm³/mol. The molecule has 2 atom stereocenters. The molecule has 0 aromatic heterocycles. The van der Waals surface area contributed by atoms with Gasteiger partial charge in [-0.1, -0.05) is 30.3 Å². The molecular weight excluding hydrogens is 309 g/mol.